The Morgan fingerprint density at radius 1 is 0.458 bits per heavy atom. The number of hydrogen-bond donors (Lipinski definition) is 0. The van der Waals surface area contributed by atoms with Crippen molar-refractivity contribution in [3.8, 4) is 23.7 Å². The second-order valence-corrected chi connectivity index (χ2v) is 25.3. The van der Waals surface area contributed by atoms with Crippen molar-refractivity contribution in [2.24, 2.45) is 0 Å². The van der Waals surface area contributed by atoms with E-state index in [-0.39, 0.29) is 0 Å². The van der Waals surface area contributed by atoms with Gasteiger partial charge in [-0.05, 0) is 84.1 Å². The van der Waals surface area contributed by atoms with E-state index in [1.54, 1.807) is 0 Å². The number of unbranched alkanes of at least 4 members (excludes halogenated alkanes) is 2. The molecular weight excluding hydrogens is 817 g/mol. The zero-order valence-corrected chi connectivity index (χ0v) is 36.8. The normalized spacial score (nSPS) is 16.8. The molecule has 2 aromatic rings. The second-order valence-electron chi connectivity index (χ2n) is 10.2. The van der Waals surface area contributed by atoms with E-state index in [4.69, 9.17) is 0 Å². The van der Waals surface area contributed by atoms with Crippen LogP contribution in [0.2, 0.25) is 0 Å². The first kappa shape index (κ1) is 38.4. The highest BCUT2D eigenvalue weighted by atomic mass is 32.3. The van der Waals surface area contributed by atoms with Crippen LogP contribution in [0, 0.1) is 23.7 Å². The smallest absolute Gasteiger partial charge is 0.0717 e. The molecule has 48 heavy (non-hydrogen) atoms. The van der Waals surface area contributed by atoms with Gasteiger partial charge in [-0.15, -0.1) is 47.0 Å². The van der Waals surface area contributed by atoms with Crippen molar-refractivity contribution in [1.29, 1.82) is 0 Å². The summed E-state index contributed by atoms with van der Waals surface area (Å²) in [4.78, 5) is 5.27. The highest BCUT2D eigenvalue weighted by Gasteiger charge is 2.30. The standard InChI is InChI=1S/C36H34S12/c1-5-9-19-39-31-32(40-20-10-6-2)48-36(47-31)34-42-26-18-16-24(22-28(26)44-34)14-12-11-13-23-15-17-25-27(21-23)43-33(41-25)35-45-29(37-7-3)30(46-35)38-8-4/h15-18,21-22H,5-10,19-20H2,1-4H3. The third kappa shape index (κ3) is 10.2. The molecule has 4 heterocycles. The van der Waals surface area contributed by atoms with E-state index >= 15 is 0 Å². The van der Waals surface area contributed by atoms with Crippen molar-refractivity contribution < 1.29 is 0 Å². The Balaban J connectivity index is 1.08. The van der Waals surface area contributed by atoms with Crippen LogP contribution >= 0.6 is 141 Å². The van der Waals surface area contributed by atoms with Crippen LogP contribution in [0.4, 0.5) is 0 Å². The molecule has 0 N–H and O–H groups in total. The Bertz CT molecular complexity index is 1750. The molecule has 0 aromatic heterocycles. The van der Waals surface area contributed by atoms with Gasteiger partial charge in [0.2, 0.25) is 0 Å². The van der Waals surface area contributed by atoms with Crippen LogP contribution in [0.25, 0.3) is 0 Å². The molecule has 0 bridgehead atoms. The van der Waals surface area contributed by atoms with Crippen molar-refractivity contribution in [2.75, 3.05) is 23.0 Å². The van der Waals surface area contributed by atoms with Crippen LogP contribution < -0.4 is 0 Å². The van der Waals surface area contributed by atoms with Crippen molar-refractivity contribution in [2.45, 2.75) is 73.0 Å². The summed E-state index contributed by atoms with van der Waals surface area (Å²) in [6, 6.07) is 13.2. The van der Waals surface area contributed by atoms with E-state index in [9.17, 15) is 0 Å². The van der Waals surface area contributed by atoms with Crippen LogP contribution in [0.5, 0.6) is 0 Å². The molecule has 0 saturated carbocycles. The maximum absolute atomic E-state index is 3.31. The number of rotatable bonds is 12. The summed E-state index contributed by atoms with van der Waals surface area (Å²) in [5, 5.41) is 0. The summed E-state index contributed by atoms with van der Waals surface area (Å²) in [5.74, 6) is 17.5. The lowest BCUT2D eigenvalue weighted by molar-refractivity contribution is 0.897. The summed E-state index contributed by atoms with van der Waals surface area (Å²) in [6.07, 6.45) is 5.07. The van der Waals surface area contributed by atoms with Crippen molar-refractivity contribution >= 4 is 141 Å². The maximum Gasteiger partial charge on any atom is 0.0717 e. The Morgan fingerprint density at radius 2 is 0.833 bits per heavy atom. The molecule has 4 aliphatic rings. The fraction of sp³-hybridized carbons (Fsp3) is 0.333. The van der Waals surface area contributed by atoms with Crippen LogP contribution in [0.15, 0.2) is 89.9 Å². The number of benzene rings is 2. The molecular formula is C36H34S12. The largest absolute Gasteiger partial charge is 0.118 e. The van der Waals surface area contributed by atoms with E-state index in [0.29, 0.717) is 0 Å². The van der Waals surface area contributed by atoms with Crippen LogP contribution in [0.3, 0.4) is 0 Å². The van der Waals surface area contributed by atoms with Gasteiger partial charge in [0.25, 0.3) is 0 Å². The van der Waals surface area contributed by atoms with E-state index in [0.717, 1.165) is 22.6 Å². The molecule has 0 fully saturated rings. The van der Waals surface area contributed by atoms with E-state index in [1.807, 2.05) is 118 Å². The quantitative estimate of drug-likeness (QED) is 0.147. The molecule has 0 unspecified atom stereocenters. The van der Waals surface area contributed by atoms with Crippen LogP contribution in [0.1, 0.15) is 64.5 Å². The van der Waals surface area contributed by atoms with Gasteiger partial charge in [-0.3, -0.25) is 0 Å². The lowest BCUT2D eigenvalue weighted by Gasteiger charge is -2.03. The minimum Gasteiger partial charge on any atom is -0.118 e. The van der Waals surface area contributed by atoms with Gasteiger partial charge in [-0.2, -0.15) is 0 Å². The fourth-order valence-electron chi connectivity index (χ4n) is 4.26. The summed E-state index contributed by atoms with van der Waals surface area (Å²) < 4.78 is 11.7. The molecule has 0 nitrogen and oxygen atoms in total. The zero-order valence-electron chi connectivity index (χ0n) is 27.0. The predicted molar refractivity (Wildman–Crippen MR) is 240 cm³/mol. The van der Waals surface area contributed by atoms with Crippen LogP contribution in [-0.2, 0) is 0 Å². The number of fused-ring (bicyclic) bond motifs is 2. The van der Waals surface area contributed by atoms with Gasteiger partial charge in [0.05, 0.1) is 33.9 Å². The molecule has 0 atom stereocenters. The molecule has 0 aliphatic carbocycles. The van der Waals surface area contributed by atoms with Gasteiger partial charge >= 0.3 is 0 Å². The van der Waals surface area contributed by atoms with Crippen molar-refractivity contribution in [3.63, 3.8) is 0 Å². The molecule has 0 amide bonds. The summed E-state index contributed by atoms with van der Waals surface area (Å²) in [7, 11) is 0. The Hall–Kier alpha value is 0.720. The molecule has 4 aliphatic heterocycles. The Labute approximate surface area is 338 Å². The maximum atomic E-state index is 3.31. The lowest BCUT2D eigenvalue weighted by Crippen LogP contribution is -1.80. The second kappa shape index (κ2) is 19.7. The average molecular weight is 851 g/mol. The minimum absolute atomic E-state index is 1.02. The van der Waals surface area contributed by atoms with Gasteiger partial charge in [-0.1, -0.05) is 146 Å². The first-order valence-corrected chi connectivity index (χ1v) is 26.3. The van der Waals surface area contributed by atoms with Crippen molar-refractivity contribution in [3.05, 3.63) is 81.4 Å². The monoisotopic (exact) mass is 850 g/mol. The molecule has 0 radical (unpaired) electrons. The minimum atomic E-state index is 1.02. The van der Waals surface area contributed by atoms with E-state index in [1.165, 1.54) is 90.7 Å². The van der Waals surface area contributed by atoms with Gasteiger partial charge in [-0.25, -0.2) is 0 Å². The van der Waals surface area contributed by atoms with Gasteiger partial charge < -0.3 is 0 Å². The average Bonchev–Trinajstić information content (AvgIpc) is 3.88. The zero-order chi connectivity index (χ0) is 33.3. The summed E-state index contributed by atoms with van der Waals surface area (Å²) >= 11 is 23.6. The topological polar surface area (TPSA) is 0 Å². The van der Waals surface area contributed by atoms with Crippen LogP contribution in [-0.4, -0.2) is 23.0 Å². The van der Waals surface area contributed by atoms with Gasteiger partial charge in [0.15, 0.2) is 0 Å². The summed E-state index contributed by atoms with van der Waals surface area (Å²) in [5.41, 5.74) is 2.05. The van der Waals surface area contributed by atoms with E-state index in [2.05, 4.69) is 111 Å². The number of thioether (sulfide) groups is 12. The van der Waals surface area contributed by atoms with Crippen molar-refractivity contribution in [1.82, 2.24) is 0 Å². The molecule has 0 spiro atoms. The Morgan fingerprint density at radius 3 is 1.23 bits per heavy atom. The van der Waals surface area contributed by atoms with Gasteiger partial charge in [0, 0.05) is 30.7 Å². The first-order chi connectivity index (χ1) is 23.6. The van der Waals surface area contributed by atoms with E-state index < -0.39 is 0 Å². The van der Waals surface area contributed by atoms with Gasteiger partial charge in [0.1, 0.15) is 0 Å². The predicted octanol–water partition coefficient (Wildman–Crippen LogP) is 15.5. The highest BCUT2D eigenvalue weighted by Crippen LogP contribution is 2.65. The lowest BCUT2D eigenvalue weighted by atomic mass is 10.2. The highest BCUT2D eigenvalue weighted by molar-refractivity contribution is 8.43. The number of hydrogen-bond acceptors (Lipinski definition) is 12. The Kier molecular flexibility index (Phi) is 15.8. The first-order valence-electron chi connectivity index (χ1n) is 15.8. The fourth-order valence-corrected chi connectivity index (χ4v) is 21.7. The third-order valence-electron chi connectivity index (χ3n) is 6.60. The molecule has 6 rings (SSSR count). The molecule has 250 valence electrons. The molecule has 12 heteroatoms. The molecule has 0 saturated heterocycles. The SMILES string of the molecule is CCCCSC1=C(SCCCC)SC(=C2Sc3ccc(C#CC#Cc4ccc5c(c4)SC(=C4SC(SCC)=C(SCC)S4)S5)cc3S2)S1. The summed E-state index contributed by atoms with van der Waals surface area (Å²) in [6.45, 7) is 9.03. The molecule has 2 aromatic carbocycles. The third-order valence-corrected chi connectivity index (χ3v) is 23.7.